The lowest BCUT2D eigenvalue weighted by atomic mass is 10.6. The monoisotopic (exact) mass is 178 g/mol. The third-order valence-electron chi connectivity index (χ3n) is 1.63. The molecule has 0 spiro atoms. The molecule has 0 radical (unpaired) electrons. The Kier molecular flexibility index (Phi) is 2.86. The van der Waals surface area contributed by atoms with Crippen molar-refractivity contribution in [2.75, 3.05) is 18.8 Å². The highest BCUT2D eigenvalue weighted by Crippen LogP contribution is 2.00. The lowest BCUT2D eigenvalue weighted by molar-refractivity contribution is 0.560. The molecule has 1 fully saturated rings. The summed E-state index contributed by atoms with van der Waals surface area (Å²) in [6.07, 6.45) is 0.683. The summed E-state index contributed by atoms with van der Waals surface area (Å²) in [6.45, 7) is 3.35. The highest BCUT2D eigenvalue weighted by Gasteiger charge is 2.26. The van der Waals surface area contributed by atoms with Gasteiger partial charge in [-0.25, -0.2) is 8.42 Å². The molecule has 2 N–H and O–H groups in total. The van der Waals surface area contributed by atoms with E-state index in [9.17, 15) is 8.42 Å². The maximum Gasteiger partial charge on any atom is 0.179 e. The summed E-state index contributed by atoms with van der Waals surface area (Å²) in [4.78, 5) is 0. The highest BCUT2D eigenvalue weighted by molar-refractivity contribution is 7.91. The molecule has 4 nitrogen and oxygen atoms in total. The van der Waals surface area contributed by atoms with Crippen LogP contribution in [0.15, 0.2) is 0 Å². The second-order valence-corrected chi connectivity index (χ2v) is 4.86. The van der Waals surface area contributed by atoms with E-state index in [4.69, 9.17) is 0 Å². The minimum atomic E-state index is -2.93. The first-order valence-corrected chi connectivity index (χ1v) is 5.56. The molecule has 0 saturated carbocycles. The van der Waals surface area contributed by atoms with E-state index in [-0.39, 0.29) is 5.75 Å². The van der Waals surface area contributed by atoms with E-state index in [2.05, 4.69) is 10.6 Å². The summed E-state index contributed by atoms with van der Waals surface area (Å²) in [7, 11) is -2.93. The molecule has 66 valence electrons. The van der Waals surface area contributed by atoms with E-state index in [0.717, 1.165) is 13.1 Å². The fourth-order valence-corrected chi connectivity index (χ4v) is 2.68. The second-order valence-electron chi connectivity index (χ2n) is 2.66. The number of hydrogen-bond donors (Lipinski definition) is 2. The summed E-state index contributed by atoms with van der Waals surface area (Å²) in [5, 5.41) is 5.77. The van der Waals surface area contributed by atoms with Crippen molar-refractivity contribution in [3.63, 3.8) is 0 Å². The minimum Gasteiger partial charge on any atom is -0.288 e. The average molecular weight is 178 g/mol. The largest absolute Gasteiger partial charge is 0.288 e. The summed E-state index contributed by atoms with van der Waals surface area (Å²) in [6, 6.07) is 0. The predicted molar refractivity (Wildman–Crippen MR) is 43.9 cm³/mol. The predicted octanol–water partition coefficient (Wildman–Crippen LogP) is -0.712. The van der Waals surface area contributed by atoms with Crippen LogP contribution in [-0.2, 0) is 9.84 Å². The molecule has 0 aromatic rings. The van der Waals surface area contributed by atoms with Gasteiger partial charge in [-0.3, -0.25) is 10.6 Å². The molecular formula is C6H14N2O2S. The summed E-state index contributed by atoms with van der Waals surface area (Å²) in [5.41, 5.74) is -0.498. The van der Waals surface area contributed by atoms with Crippen molar-refractivity contribution in [2.45, 2.75) is 18.8 Å². The maximum atomic E-state index is 11.3. The average Bonchev–Trinajstić information content (AvgIpc) is 2.37. The van der Waals surface area contributed by atoms with E-state index >= 15 is 0 Å². The van der Waals surface area contributed by atoms with Crippen molar-refractivity contribution in [3.8, 4) is 0 Å². The van der Waals surface area contributed by atoms with Crippen LogP contribution in [0.25, 0.3) is 0 Å². The first-order valence-electron chi connectivity index (χ1n) is 3.85. The second kappa shape index (κ2) is 3.51. The molecule has 1 aliphatic rings. The molecule has 1 saturated heterocycles. The zero-order chi connectivity index (χ0) is 8.32. The molecular weight excluding hydrogens is 164 g/mol. The Bertz CT molecular complexity index is 207. The third kappa shape index (κ3) is 2.15. The van der Waals surface area contributed by atoms with Gasteiger partial charge in [0, 0.05) is 13.1 Å². The Labute approximate surface area is 67.3 Å². The van der Waals surface area contributed by atoms with Crippen LogP contribution in [0.2, 0.25) is 0 Å². The maximum absolute atomic E-state index is 11.3. The van der Waals surface area contributed by atoms with E-state index in [1.165, 1.54) is 0 Å². The van der Waals surface area contributed by atoms with Crippen LogP contribution in [0.5, 0.6) is 0 Å². The van der Waals surface area contributed by atoms with E-state index in [1.807, 2.05) is 6.92 Å². The van der Waals surface area contributed by atoms with Crippen molar-refractivity contribution in [2.24, 2.45) is 0 Å². The molecule has 0 atom stereocenters. The van der Waals surface area contributed by atoms with Gasteiger partial charge in [-0.1, -0.05) is 6.92 Å². The highest BCUT2D eigenvalue weighted by atomic mass is 32.2. The molecule has 11 heavy (non-hydrogen) atoms. The molecule has 0 aromatic heterocycles. The Balaban J connectivity index is 2.56. The fraction of sp³-hybridized carbons (Fsp3) is 1.00. The Morgan fingerprint density at radius 2 is 1.91 bits per heavy atom. The van der Waals surface area contributed by atoms with Crippen LogP contribution in [0.3, 0.4) is 0 Å². The minimum absolute atomic E-state index is 0.262. The van der Waals surface area contributed by atoms with Crippen molar-refractivity contribution < 1.29 is 8.42 Å². The summed E-state index contributed by atoms with van der Waals surface area (Å²) < 4.78 is 22.6. The summed E-state index contributed by atoms with van der Waals surface area (Å²) in [5.74, 6) is 0.262. The van der Waals surface area contributed by atoms with Gasteiger partial charge in [-0.2, -0.15) is 0 Å². The van der Waals surface area contributed by atoms with E-state index in [0.29, 0.717) is 6.42 Å². The van der Waals surface area contributed by atoms with Gasteiger partial charge >= 0.3 is 0 Å². The molecule has 1 rings (SSSR count). The molecule has 0 bridgehead atoms. The van der Waals surface area contributed by atoms with Gasteiger partial charge in [0.1, 0.15) is 0 Å². The molecule has 1 aliphatic heterocycles. The normalized spacial score (nSPS) is 20.8. The van der Waals surface area contributed by atoms with Gasteiger partial charge in [-0.15, -0.1) is 0 Å². The van der Waals surface area contributed by atoms with Crippen molar-refractivity contribution in [1.82, 2.24) is 10.6 Å². The van der Waals surface area contributed by atoms with E-state index in [1.54, 1.807) is 0 Å². The van der Waals surface area contributed by atoms with Crippen LogP contribution in [0, 0.1) is 0 Å². The Morgan fingerprint density at radius 1 is 1.36 bits per heavy atom. The lowest BCUT2D eigenvalue weighted by Gasteiger charge is -2.10. The van der Waals surface area contributed by atoms with Gasteiger partial charge in [-0.05, 0) is 6.42 Å². The van der Waals surface area contributed by atoms with Gasteiger partial charge < -0.3 is 0 Å². The molecule has 1 heterocycles. The topological polar surface area (TPSA) is 58.2 Å². The summed E-state index contributed by atoms with van der Waals surface area (Å²) >= 11 is 0. The first kappa shape index (κ1) is 8.96. The first-order chi connectivity index (χ1) is 5.17. The Hall–Kier alpha value is -0.130. The van der Waals surface area contributed by atoms with Gasteiger partial charge in [0.05, 0.1) is 5.75 Å². The molecule has 0 unspecified atom stereocenters. The number of sulfone groups is 1. The van der Waals surface area contributed by atoms with Gasteiger partial charge in [0.15, 0.2) is 15.3 Å². The van der Waals surface area contributed by atoms with Crippen molar-refractivity contribution in [3.05, 3.63) is 0 Å². The van der Waals surface area contributed by atoms with Crippen LogP contribution in [0.4, 0.5) is 0 Å². The standard InChI is InChI=1S/C6H14N2O2S/c1-2-5-11(9,10)6-7-3-4-8-6/h6-8H,2-5H2,1H3. The fourth-order valence-electron chi connectivity index (χ4n) is 1.13. The Morgan fingerprint density at radius 3 is 2.36 bits per heavy atom. The van der Waals surface area contributed by atoms with Crippen molar-refractivity contribution in [1.29, 1.82) is 0 Å². The van der Waals surface area contributed by atoms with Gasteiger partial charge in [0.2, 0.25) is 0 Å². The number of nitrogens with one attached hydrogen (secondary N) is 2. The third-order valence-corrected chi connectivity index (χ3v) is 3.66. The number of hydrogen-bond acceptors (Lipinski definition) is 4. The van der Waals surface area contributed by atoms with Crippen LogP contribution < -0.4 is 10.6 Å². The van der Waals surface area contributed by atoms with Gasteiger partial charge in [0.25, 0.3) is 0 Å². The van der Waals surface area contributed by atoms with Crippen molar-refractivity contribution >= 4 is 9.84 Å². The molecule has 0 aromatic carbocycles. The molecule has 0 aliphatic carbocycles. The van der Waals surface area contributed by atoms with Crippen LogP contribution >= 0.6 is 0 Å². The molecule has 0 amide bonds. The smallest absolute Gasteiger partial charge is 0.179 e. The zero-order valence-electron chi connectivity index (χ0n) is 6.63. The molecule has 5 heteroatoms. The zero-order valence-corrected chi connectivity index (χ0v) is 7.45. The lowest BCUT2D eigenvalue weighted by Crippen LogP contribution is -2.40. The number of rotatable bonds is 3. The SMILES string of the molecule is CCCS(=O)(=O)C1NCCN1. The van der Waals surface area contributed by atoms with Crippen LogP contribution in [0.1, 0.15) is 13.3 Å². The van der Waals surface area contributed by atoms with E-state index < -0.39 is 15.3 Å². The van der Waals surface area contributed by atoms with Crippen LogP contribution in [-0.4, -0.2) is 32.8 Å². The quantitative estimate of drug-likeness (QED) is 0.599.